The number of fused-ring (bicyclic) bond motifs is 2. The second-order valence-electron chi connectivity index (χ2n) is 6.55. The quantitative estimate of drug-likeness (QED) is 0.744. The maximum Gasteiger partial charge on any atom is 0.148 e. The number of anilines is 1. The molecule has 1 aliphatic rings. The van der Waals surface area contributed by atoms with E-state index in [0.717, 1.165) is 40.9 Å². The van der Waals surface area contributed by atoms with E-state index in [1.54, 1.807) is 0 Å². The summed E-state index contributed by atoms with van der Waals surface area (Å²) in [7, 11) is 0. The maximum absolute atomic E-state index is 6.57. The molecule has 0 saturated heterocycles. The Morgan fingerprint density at radius 1 is 1.13 bits per heavy atom. The van der Waals surface area contributed by atoms with E-state index < -0.39 is 0 Å². The van der Waals surface area contributed by atoms with Crippen molar-refractivity contribution in [3.05, 3.63) is 46.4 Å². The van der Waals surface area contributed by atoms with Gasteiger partial charge in [0.05, 0.1) is 0 Å². The Bertz CT molecular complexity index is 921. The van der Waals surface area contributed by atoms with Crippen molar-refractivity contribution in [1.82, 2.24) is 14.5 Å². The molecule has 0 aliphatic heterocycles. The van der Waals surface area contributed by atoms with E-state index >= 15 is 0 Å². The summed E-state index contributed by atoms with van der Waals surface area (Å²) in [5, 5.41) is 1.10. The first-order valence-electron chi connectivity index (χ1n) is 8.30. The number of hydrogen-bond donors (Lipinski definition) is 1. The number of nitrogens with zero attached hydrogens (tertiary/aromatic N) is 3. The second-order valence-corrected chi connectivity index (χ2v) is 6.55. The van der Waals surface area contributed by atoms with Crippen molar-refractivity contribution in [1.29, 1.82) is 0 Å². The summed E-state index contributed by atoms with van der Waals surface area (Å²) in [6.45, 7) is 6.36. The normalized spacial score (nSPS) is 14.2. The molecule has 0 aromatic carbocycles. The molecule has 0 atom stereocenters. The highest BCUT2D eigenvalue weighted by Gasteiger charge is 2.23. The van der Waals surface area contributed by atoms with Crippen LogP contribution in [0.15, 0.2) is 18.3 Å². The molecule has 0 radical (unpaired) electrons. The first-order valence-corrected chi connectivity index (χ1v) is 8.30. The summed E-state index contributed by atoms with van der Waals surface area (Å²) in [5.41, 5.74) is 14.4. The molecular weight excluding hydrogens is 284 g/mol. The standard InChI is InChI=1S/C19H22N4/c1-11-7-6-10-21-18(11)23-13(3)12(2)16-17(20)14-8-4-5-9-15(14)22-19(16)23/h6-7,10H,4-5,8-9H2,1-3H3,(H2,20,22). The number of aryl methyl sites for hydroxylation is 3. The van der Waals surface area contributed by atoms with Crippen LogP contribution < -0.4 is 5.73 Å². The number of hydrogen-bond acceptors (Lipinski definition) is 3. The molecule has 4 heteroatoms. The van der Waals surface area contributed by atoms with E-state index in [1.165, 1.54) is 35.4 Å². The number of pyridine rings is 2. The highest BCUT2D eigenvalue weighted by Crippen LogP contribution is 2.36. The van der Waals surface area contributed by atoms with Crippen LogP contribution in [0.2, 0.25) is 0 Å². The first kappa shape index (κ1) is 14.2. The number of nitrogen functional groups attached to an aromatic ring is 1. The van der Waals surface area contributed by atoms with Crippen LogP contribution in [0.5, 0.6) is 0 Å². The molecule has 4 nitrogen and oxygen atoms in total. The summed E-state index contributed by atoms with van der Waals surface area (Å²) >= 11 is 0. The van der Waals surface area contributed by atoms with E-state index in [0.29, 0.717) is 0 Å². The SMILES string of the molecule is Cc1cccnc1-n1c(C)c(C)c2c(N)c3c(nc21)CCCC3. The molecule has 4 rings (SSSR count). The van der Waals surface area contributed by atoms with Gasteiger partial charge in [0.25, 0.3) is 0 Å². The van der Waals surface area contributed by atoms with Crippen molar-refractivity contribution in [2.75, 3.05) is 5.73 Å². The van der Waals surface area contributed by atoms with Gasteiger partial charge in [-0.3, -0.25) is 4.57 Å². The van der Waals surface area contributed by atoms with Crippen molar-refractivity contribution in [3.8, 4) is 5.82 Å². The Balaban J connectivity index is 2.12. The lowest BCUT2D eigenvalue weighted by atomic mass is 9.93. The average Bonchev–Trinajstić information content (AvgIpc) is 2.80. The Morgan fingerprint density at radius 3 is 2.70 bits per heavy atom. The van der Waals surface area contributed by atoms with E-state index in [9.17, 15) is 0 Å². The summed E-state index contributed by atoms with van der Waals surface area (Å²) in [6, 6.07) is 4.06. The topological polar surface area (TPSA) is 56.7 Å². The lowest BCUT2D eigenvalue weighted by Gasteiger charge is -2.18. The van der Waals surface area contributed by atoms with Crippen molar-refractivity contribution in [2.45, 2.75) is 46.5 Å². The molecule has 2 N–H and O–H groups in total. The summed E-state index contributed by atoms with van der Waals surface area (Å²) < 4.78 is 2.17. The predicted octanol–water partition coefficient (Wildman–Crippen LogP) is 3.81. The van der Waals surface area contributed by atoms with E-state index in [2.05, 4.69) is 36.4 Å². The fourth-order valence-electron chi connectivity index (χ4n) is 3.77. The van der Waals surface area contributed by atoms with Crippen molar-refractivity contribution >= 4 is 16.7 Å². The van der Waals surface area contributed by atoms with Gasteiger partial charge < -0.3 is 5.73 Å². The minimum atomic E-state index is 0.928. The highest BCUT2D eigenvalue weighted by molar-refractivity contribution is 5.96. The molecule has 0 fully saturated rings. The third-order valence-electron chi connectivity index (χ3n) is 5.16. The molecule has 3 heterocycles. The molecule has 1 aliphatic carbocycles. The van der Waals surface area contributed by atoms with Crippen LogP contribution in [0.4, 0.5) is 5.69 Å². The van der Waals surface area contributed by atoms with Gasteiger partial charge in [-0.1, -0.05) is 6.07 Å². The fraction of sp³-hybridized carbons (Fsp3) is 0.368. The summed E-state index contributed by atoms with van der Waals surface area (Å²) in [4.78, 5) is 9.62. The Hall–Kier alpha value is -2.36. The van der Waals surface area contributed by atoms with Crippen LogP contribution >= 0.6 is 0 Å². The van der Waals surface area contributed by atoms with Crippen LogP contribution in [-0.2, 0) is 12.8 Å². The van der Waals surface area contributed by atoms with Crippen LogP contribution in [0.1, 0.15) is 40.9 Å². The molecule has 23 heavy (non-hydrogen) atoms. The van der Waals surface area contributed by atoms with Gasteiger partial charge in [0.1, 0.15) is 11.5 Å². The Kier molecular flexibility index (Phi) is 3.15. The minimum absolute atomic E-state index is 0.928. The molecule has 0 saturated carbocycles. The third kappa shape index (κ3) is 1.97. The zero-order valence-electron chi connectivity index (χ0n) is 14.0. The van der Waals surface area contributed by atoms with Crippen molar-refractivity contribution in [3.63, 3.8) is 0 Å². The molecule has 0 bridgehead atoms. The predicted molar refractivity (Wildman–Crippen MR) is 94.1 cm³/mol. The van der Waals surface area contributed by atoms with Gasteiger partial charge in [-0.15, -0.1) is 0 Å². The largest absolute Gasteiger partial charge is 0.398 e. The van der Waals surface area contributed by atoms with Gasteiger partial charge >= 0.3 is 0 Å². The van der Waals surface area contributed by atoms with Crippen LogP contribution in [0, 0.1) is 20.8 Å². The minimum Gasteiger partial charge on any atom is -0.398 e. The number of rotatable bonds is 1. The highest BCUT2D eigenvalue weighted by atomic mass is 15.1. The maximum atomic E-state index is 6.57. The van der Waals surface area contributed by atoms with Crippen LogP contribution in [0.25, 0.3) is 16.9 Å². The van der Waals surface area contributed by atoms with E-state index in [1.807, 2.05) is 12.3 Å². The number of aromatic nitrogens is 3. The smallest absolute Gasteiger partial charge is 0.148 e. The van der Waals surface area contributed by atoms with Crippen LogP contribution in [0.3, 0.4) is 0 Å². The molecule has 118 valence electrons. The summed E-state index contributed by atoms with van der Waals surface area (Å²) in [6.07, 6.45) is 6.33. The van der Waals surface area contributed by atoms with Gasteiger partial charge in [-0.2, -0.15) is 0 Å². The van der Waals surface area contributed by atoms with E-state index in [4.69, 9.17) is 10.7 Å². The van der Waals surface area contributed by atoms with Crippen LogP contribution in [-0.4, -0.2) is 14.5 Å². The van der Waals surface area contributed by atoms with Crippen molar-refractivity contribution < 1.29 is 0 Å². The monoisotopic (exact) mass is 306 g/mol. The second kappa shape index (κ2) is 5.08. The molecule has 0 spiro atoms. The Labute approximate surface area is 136 Å². The Morgan fingerprint density at radius 2 is 1.91 bits per heavy atom. The van der Waals surface area contributed by atoms with Crippen molar-refractivity contribution in [2.24, 2.45) is 0 Å². The van der Waals surface area contributed by atoms with E-state index in [-0.39, 0.29) is 0 Å². The third-order valence-corrected chi connectivity index (χ3v) is 5.16. The molecule has 0 unspecified atom stereocenters. The van der Waals surface area contributed by atoms with Gasteiger partial charge in [0.2, 0.25) is 0 Å². The lowest BCUT2D eigenvalue weighted by Crippen LogP contribution is -2.11. The molecular formula is C19H22N4. The summed E-state index contributed by atoms with van der Waals surface area (Å²) in [5.74, 6) is 0.950. The molecule has 3 aromatic heterocycles. The van der Waals surface area contributed by atoms with Gasteiger partial charge in [-0.05, 0) is 69.2 Å². The first-order chi connectivity index (χ1) is 11.1. The molecule has 0 amide bonds. The average molecular weight is 306 g/mol. The lowest BCUT2D eigenvalue weighted by molar-refractivity contribution is 0.671. The van der Waals surface area contributed by atoms with Gasteiger partial charge in [0, 0.05) is 28.7 Å². The van der Waals surface area contributed by atoms with Gasteiger partial charge in [-0.25, -0.2) is 9.97 Å². The number of nitrogens with two attached hydrogens (primary N) is 1. The molecule has 3 aromatic rings. The zero-order chi connectivity index (χ0) is 16.1. The van der Waals surface area contributed by atoms with Gasteiger partial charge in [0.15, 0.2) is 0 Å². The zero-order valence-corrected chi connectivity index (χ0v) is 14.0. The fourth-order valence-corrected chi connectivity index (χ4v) is 3.77.